The molecule has 1 N–H and O–H groups in total. The molecule has 0 spiro atoms. The maximum absolute atomic E-state index is 12.9. The molecule has 2 aliphatic rings. The normalized spacial score (nSPS) is 34.0. The topological polar surface area (TPSA) is 23.5 Å². The highest BCUT2D eigenvalue weighted by Crippen LogP contribution is 2.44. The number of hydrogen-bond donors (Lipinski definition) is 1. The Kier molecular flexibility index (Phi) is 3.53. The summed E-state index contributed by atoms with van der Waals surface area (Å²) in [5.74, 6) is 0. The van der Waals surface area contributed by atoms with E-state index in [9.17, 15) is 18.3 Å². The summed E-state index contributed by atoms with van der Waals surface area (Å²) in [4.78, 5) is 2.28. The zero-order chi connectivity index (χ0) is 15.3. The van der Waals surface area contributed by atoms with E-state index in [0.29, 0.717) is 18.4 Å². The lowest BCUT2D eigenvalue weighted by Gasteiger charge is -2.50. The highest BCUT2D eigenvalue weighted by molar-refractivity contribution is 5.31. The van der Waals surface area contributed by atoms with Crippen LogP contribution in [0.2, 0.25) is 0 Å². The molecule has 21 heavy (non-hydrogen) atoms. The number of benzene rings is 1. The van der Waals surface area contributed by atoms with Crippen LogP contribution < -0.4 is 0 Å². The van der Waals surface area contributed by atoms with Crippen LogP contribution in [0.25, 0.3) is 0 Å². The van der Waals surface area contributed by atoms with Gasteiger partial charge in [-0.05, 0) is 50.4 Å². The Morgan fingerprint density at radius 3 is 2.38 bits per heavy atom. The van der Waals surface area contributed by atoms with Crippen molar-refractivity contribution in [3.8, 4) is 0 Å². The van der Waals surface area contributed by atoms with E-state index < -0.39 is 17.3 Å². The van der Waals surface area contributed by atoms with Gasteiger partial charge in [0.05, 0.1) is 11.2 Å². The molecule has 1 aromatic rings. The lowest BCUT2D eigenvalue weighted by molar-refractivity contribution is -0.138. The molecule has 3 rings (SSSR count). The zero-order valence-corrected chi connectivity index (χ0v) is 12.0. The molecule has 2 heterocycles. The van der Waals surface area contributed by atoms with Crippen LogP contribution in [0, 0.1) is 0 Å². The lowest BCUT2D eigenvalue weighted by Crippen LogP contribution is -2.55. The van der Waals surface area contributed by atoms with Crippen LogP contribution in [0.3, 0.4) is 0 Å². The van der Waals surface area contributed by atoms with Crippen LogP contribution >= 0.6 is 0 Å². The van der Waals surface area contributed by atoms with Crippen molar-refractivity contribution < 1.29 is 18.3 Å². The van der Waals surface area contributed by atoms with Gasteiger partial charge >= 0.3 is 6.18 Å². The third kappa shape index (κ3) is 2.69. The molecule has 0 aliphatic carbocycles. The van der Waals surface area contributed by atoms with E-state index in [2.05, 4.69) is 11.9 Å². The molecule has 0 amide bonds. The molecule has 0 aromatic heterocycles. The van der Waals surface area contributed by atoms with Gasteiger partial charge in [0, 0.05) is 12.1 Å². The van der Waals surface area contributed by atoms with Crippen molar-refractivity contribution in [1.82, 2.24) is 4.90 Å². The fourth-order valence-electron chi connectivity index (χ4n) is 3.87. The highest BCUT2D eigenvalue weighted by Gasteiger charge is 2.45. The van der Waals surface area contributed by atoms with Crippen molar-refractivity contribution in [3.05, 3.63) is 35.4 Å². The first-order valence-electron chi connectivity index (χ1n) is 7.42. The molecule has 1 aromatic carbocycles. The Morgan fingerprint density at radius 1 is 1.19 bits per heavy atom. The third-order valence-corrected chi connectivity index (χ3v) is 5.10. The van der Waals surface area contributed by atoms with Gasteiger partial charge in [0.15, 0.2) is 0 Å². The number of rotatable bonds is 1. The number of hydrogen-bond acceptors (Lipinski definition) is 2. The number of alkyl halides is 3. The van der Waals surface area contributed by atoms with Crippen LogP contribution in [0.1, 0.15) is 43.2 Å². The molecule has 116 valence electrons. The van der Waals surface area contributed by atoms with Crippen LogP contribution in [0.5, 0.6) is 0 Å². The monoisotopic (exact) mass is 299 g/mol. The van der Waals surface area contributed by atoms with Crippen LogP contribution in [-0.4, -0.2) is 29.1 Å². The Hall–Kier alpha value is -1.07. The van der Waals surface area contributed by atoms with E-state index in [0.717, 1.165) is 31.4 Å². The quantitative estimate of drug-likeness (QED) is 0.857. The minimum absolute atomic E-state index is 0.261. The average Bonchev–Trinajstić information content (AvgIpc) is 2.40. The SMILES string of the molecule is CN1C2CCCC1CC(O)(c1cccc(C(F)(F)F)c1)C2. The number of piperidine rings is 2. The van der Waals surface area contributed by atoms with Gasteiger partial charge in [0.25, 0.3) is 0 Å². The van der Waals surface area contributed by atoms with Crippen molar-refractivity contribution >= 4 is 0 Å². The summed E-state index contributed by atoms with van der Waals surface area (Å²) in [5.41, 5.74) is -1.41. The molecule has 2 nitrogen and oxygen atoms in total. The molecule has 2 unspecified atom stereocenters. The van der Waals surface area contributed by atoms with Gasteiger partial charge < -0.3 is 10.0 Å². The summed E-state index contributed by atoms with van der Waals surface area (Å²) in [6, 6.07) is 5.71. The predicted molar refractivity (Wildman–Crippen MR) is 73.8 cm³/mol. The van der Waals surface area contributed by atoms with Gasteiger partial charge in [-0.2, -0.15) is 13.2 Å². The predicted octanol–water partition coefficient (Wildman–Crippen LogP) is 3.54. The number of fused-ring (bicyclic) bond motifs is 2. The van der Waals surface area contributed by atoms with Crippen molar-refractivity contribution in [2.75, 3.05) is 7.05 Å². The second-order valence-corrected chi connectivity index (χ2v) is 6.42. The Bertz CT molecular complexity index is 514. The van der Waals surface area contributed by atoms with Crippen LogP contribution in [0.15, 0.2) is 24.3 Å². The van der Waals surface area contributed by atoms with Gasteiger partial charge in [-0.3, -0.25) is 0 Å². The second-order valence-electron chi connectivity index (χ2n) is 6.42. The van der Waals surface area contributed by atoms with E-state index in [4.69, 9.17) is 0 Å². The number of nitrogens with zero attached hydrogens (tertiary/aromatic N) is 1. The smallest absolute Gasteiger partial charge is 0.385 e. The van der Waals surface area contributed by atoms with Gasteiger partial charge in [-0.1, -0.05) is 18.6 Å². The van der Waals surface area contributed by atoms with Gasteiger partial charge in [-0.15, -0.1) is 0 Å². The number of aliphatic hydroxyl groups is 1. The van der Waals surface area contributed by atoms with Crippen LogP contribution in [-0.2, 0) is 11.8 Å². The minimum Gasteiger partial charge on any atom is -0.385 e. The average molecular weight is 299 g/mol. The molecule has 0 radical (unpaired) electrons. The molecular formula is C16H20F3NO. The Morgan fingerprint density at radius 2 is 1.81 bits per heavy atom. The van der Waals surface area contributed by atoms with Crippen molar-refractivity contribution in [1.29, 1.82) is 0 Å². The second kappa shape index (κ2) is 4.99. The van der Waals surface area contributed by atoms with E-state index in [1.165, 1.54) is 6.07 Å². The summed E-state index contributed by atoms with van der Waals surface area (Å²) in [7, 11) is 2.06. The van der Waals surface area contributed by atoms with E-state index in [1.54, 1.807) is 6.07 Å². The molecule has 2 atom stereocenters. The van der Waals surface area contributed by atoms with Gasteiger partial charge in [0.2, 0.25) is 0 Å². The Labute approximate surface area is 122 Å². The van der Waals surface area contributed by atoms with Crippen molar-refractivity contribution in [3.63, 3.8) is 0 Å². The fraction of sp³-hybridized carbons (Fsp3) is 0.625. The molecular weight excluding hydrogens is 279 g/mol. The first kappa shape index (κ1) is 14.9. The van der Waals surface area contributed by atoms with Gasteiger partial charge in [-0.25, -0.2) is 0 Å². The van der Waals surface area contributed by atoms with Crippen LogP contribution in [0.4, 0.5) is 13.2 Å². The lowest BCUT2D eigenvalue weighted by atomic mass is 9.72. The largest absolute Gasteiger partial charge is 0.416 e. The summed E-state index contributed by atoms with van der Waals surface area (Å²) >= 11 is 0. The summed E-state index contributed by atoms with van der Waals surface area (Å²) < 4.78 is 38.6. The van der Waals surface area contributed by atoms with Gasteiger partial charge in [0.1, 0.15) is 0 Å². The zero-order valence-electron chi connectivity index (χ0n) is 12.0. The maximum atomic E-state index is 12.9. The molecule has 2 fully saturated rings. The highest BCUT2D eigenvalue weighted by atomic mass is 19.4. The minimum atomic E-state index is -4.37. The third-order valence-electron chi connectivity index (χ3n) is 5.10. The first-order chi connectivity index (χ1) is 9.79. The van der Waals surface area contributed by atoms with Crippen molar-refractivity contribution in [2.45, 2.75) is 56.0 Å². The van der Waals surface area contributed by atoms with E-state index in [-0.39, 0.29) is 12.1 Å². The van der Waals surface area contributed by atoms with Crippen molar-refractivity contribution in [2.24, 2.45) is 0 Å². The maximum Gasteiger partial charge on any atom is 0.416 e. The molecule has 0 saturated carbocycles. The number of halogens is 3. The molecule has 5 heteroatoms. The first-order valence-corrected chi connectivity index (χ1v) is 7.42. The molecule has 2 bridgehead atoms. The standard InChI is InChI=1S/C16H20F3NO/c1-20-13-6-3-7-14(20)10-15(21,9-13)11-4-2-5-12(8-11)16(17,18)19/h2,4-5,8,13-14,21H,3,6-7,9-10H2,1H3. The summed E-state index contributed by atoms with van der Waals surface area (Å²) in [6.07, 6.45) is -0.183. The molecule has 2 aliphatic heterocycles. The van der Waals surface area contributed by atoms with E-state index in [1.807, 2.05) is 0 Å². The molecule has 2 saturated heterocycles. The fourth-order valence-corrected chi connectivity index (χ4v) is 3.87. The summed E-state index contributed by atoms with van der Waals surface area (Å²) in [5, 5.41) is 11.0. The Balaban J connectivity index is 1.93. The summed E-state index contributed by atoms with van der Waals surface area (Å²) in [6.45, 7) is 0. The van der Waals surface area contributed by atoms with E-state index >= 15 is 0 Å².